The molecule has 1 atom stereocenters. The number of amides is 1. The van der Waals surface area contributed by atoms with E-state index in [1.54, 1.807) is 0 Å². The molecular formula is C16H20N4O3. The number of carbonyl (C=O) groups excluding carboxylic acids is 1. The van der Waals surface area contributed by atoms with E-state index >= 15 is 0 Å². The number of nitrogens with zero attached hydrogens (tertiary/aromatic N) is 3. The lowest BCUT2D eigenvalue weighted by atomic mass is 10.2. The Balaban J connectivity index is 1.49. The highest BCUT2D eigenvalue weighted by atomic mass is 16.5. The van der Waals surface area contributed by atoms with Gasteiger partial charge in [-0.1, -0.05) is 23.4 Å². The second-order valence-electron chi connectivity index (χ2n) is 5.53. The second kappa shape index (κ2) is 7.23. The quantitative estimate of drug-likeness (QED) is 0.782. The van der Waals surface area contributed by atoms with Crippen LogP contribution in [0.1, 0.15) is 41.8 Å². The Morgan fingerprint density at radius 3 is 2.96 bits per heavy atom. The topological polar surface area (TPSA) is 94.5 Å². The van der Waals surface area contributed by atoms with Crippen LogP contribution < -0.4 is 10.5 Å². The van der Waals surface area contributed by atoms with Crippen LogP contribution in [0.3, 0.4) is 0 Å². The summed E-state index contributed by atoms with van der Waals surface area (Å²) < 4.78 is 10.9. The molecule has 1 aliphatic heterocycles. The van der Waals surface area contributed by atoms with Crippen molar-refractivity contribution in [3.05, 3.63) is 42.0 Å². The average Bonchev–Trinajstić information content (AvgIpc) is 3.21. The van der Waals surface area contributed by atoms with Gasteiger partial charge in [0.1, 0.15) is 5.75 Å². The number of rotatable bonds is 7. The van der Waals surface area contributed by atoms with Gasteiger partial charge in [0, 0.05) is 6.54 Å². The van der Waals surface area contributed by atoms with Gasteiger partial charge in [0.05, 0.1) is 12.6 Å². The lowest BCUT2D eigenvalue weighted by molar-refractivity contribution is 0.0987. The van der Waals surface area contributed by atoms with Gasteiger partial charge in [0.2, 0.25) is 5.89 Å². The third kappa shape index (κ3) is 3.87. The molecule has 23 heavy (non-hydrogen) atoms. The number of carbonyl (C=O) groups is 1. The standard InChI is InChI=1S/C16H20N4O3/c17-14(21)15-18-16(23-19-15)13-8-4-9-20(13)10-5-11-22-12-6-2-1-3-7-12/h1-3,6-7,13H,4-5,8-11H2,(H2,17,21). The highest BCUT2D eigenvalue weighted by molar-refractivity contribution is 5.88. The predicted octanol–water partition coefficient (Wildman–Crippen LogP) is 1.77. The maximum Gasteiger partial charge on any atom is 0.290 e. The number of para-hydroxylation sites is 1. The zero-order chi connectivity index (χ0) is 16.1. The van der Waals surface area contributed by atoms with Gasteiger partial charge in [-0.3, -0.25) is 9.69 Å². The normalized spacial score (nSPS) is 18.2. The zero-order valence-electron chi connectivity index (χ0n) is 12.9. The number of benzene rings is 1. The summed E-state index contributed by atoms with van der Waals surface area (Å²) in [6.45, 7) is 2.51. The largest absolute Gasteiger partial charge is 0.494 e. The SMILES string of the molecule is NC(=O)c1noc(C2CCCN2CCCOc2ccccc2)n1. The van der Waals surface area contributed by atoms with Gasteiger partial charge >= 0.3 is 0 Å². The van der Waals surface area contributed by atoms with Gasteiger partial charge in [-0.05, 0) is 37.9 Å². The van der Waals surface area contributed by atoms with Crippen molar-refractivity contribution >= 4 is 5.91 Å². The molecule has 0 aliphatic carbocycles. The molecule has 0 radical (unpaired) electrons. The van der Waals surface area contributed by atoms with E-state index in [1.807, 2.05) is 30.3 Å². The Bertz CT molecular complexity index is 644. The Kier molecular flexibility index (Phi) is 4.87. The lowest BCUT2D eigenvalue weighted by Crippen LogP contribution is -2.26. The molecule has 0 spiro atoms. The van der Waals surface area contributed by atoms with E-state index in [0.29, 0.717) is 12.5 Å². The van der Waals surface area contributed by atoms with Gasteiger partial charge < -0.3 is 15.0 Å². The summed E-state index contributed by atoms with van der Waals surface area (Å²) in [7, 11) is 0. The van der Waals surface area contributed by atoms with Gasteiger partial charge in [-0.2, -0.15) is 4.98 Å². The molecule has 2 N–H and O–H groups in total. The van der Waals surface area contributed by atoms with Crippen molar-refractivity contribution in [2.24, 2.45) is 5.73 Å². The van der Waals surface area contributed by atoms with Crippen molar-refractivity contribution in [1.29, 1.82) is 0 Å². The smallest absolute Gasteiger partial charge is 0.290 e. The van der Waals surface area contributed by atoms with Crippen LogP contribution in [-0.2, 0) is 0 Å². The van der Waals surface area contributed by atoms with Gasteiger partial charge in [-0.15, -0.1) is 0 Å². The first-order valence-corrected chi connectivity index (χ1v) is 7.79. The van der Waals surface area contributed by atoms with Crippen LogP contribution in [0, 0.1) is 0 Å². The fourth-order valence-electron chi connectivity index (χ4n) is 2.82. The minimum Gasteiger partial charge on any atom is -0.494 e. The molecule has 1 saturated heterocycles. The summed E-state index contributed by atoms with van der Waals surface area (Å²) in [5.41, 5.74) is 5.16. The minimum absolute atomic E-state index is 0.0562. The molecule has 122 valence electrons. The van der Waals surface area contributed by atoms with E-state index in [1.165, 1.54) is 0 Å². The fraction of sp³-hybridized carbons (Fsp3) is 0.438. The molecule has 7 heteroatoms. The molecule has 0 saturated carbocycles. The maximum absolute atomic E-state index is 11.1. The summed E-state index contributed by atoms with van der Waals surface area (Å²) in [4.78, 5) is 17.4. The van der Waals surface area contributed by atoms with Gasteiger partial charge in [0.25, 0.3) is 11.7 Å². The average molecular weight is 316 g/mol. The third-order valence-corrected chi connectivity index (χ3v) is 3.91. The first kappa shape index (κ1) is 15.5. The van der Waals surface area contributed by atoms with E-state index in [2.05, 4.69) is 15.0 Å². The van der Waals surface area contributed by atoms with Crippen LogP contribution in [0.2, 0.25) is 0 Å². The van der Waals surface area contributed by atoms with Crippen LogP contribution in [0.25, 0.3) is 0 Å². The summed E-state index contributed by atoms with van der Waals surface area (Å²) in [5, 5.41) is 3.62. The van der Waals surface area contributed by atoms with Crippen LogP contribution in [-0.4, -0.2) is 40.6 Å². The van der Waals surface area contributed by atoms with Crippen molar-refractivity contribution in [2.45, 2.75) is 25.3 Å². The third-order valence-electron chi connectivity index (χ3n) is 3.91. The van der Waals surface area contributed by atoms with Crippen molar-refractivity contribution in [3.8, 4) is 5.75 Å². The number of hydrogen-bond acceptors (Lipinski definition) is 6. The molecule has 1 aromatic heterocycles. The molecule has 7 nitrogen and oxygen atoms in total. The molecule has 0 bridgehead atoms. The fourth-order valence-corrected chi connectivity index (χ4v) is 2.82. The van der Waals surface area contributed by atoms with E-state index in [4.69, 9.17) is 15.0 Å². The van der Waals surface area contributed by atoms with Crippen LogP contribution in [0.4, 0.5) is 0 Å². The summed E-state index contributed by atoms with van der Waals surface area (Å²) >= 11 is 0. The summed E-state index contributed by atoms with van der Waals surface area (Å²) in [6.07, 6.45) is 2.92. The Morgan fingerprint density at radius 2 is 2.22 bits per heavy atom. The van der Waals surface area contributed by atoms with Crippen molar-refractivity contribution in [2.75, 3.05) is 19.7 Å². The molecule has 3 rings (SSSR count). The number of nitrogens with two attached hydrogens (primary N) is 1. The Labute approximate surface area is 134 Å². The molecule has 1 amide bonds. The van der Waals surface area contributed by atoms with Crippen molar-refractivity contribution in [1.82, 2.24) is 15.0 Å². The number of likely N-dealkylation sites (tertiary alicyclic amines) is 1. The minimum atomic E-state index is -0.666. The first-order valence-electron chi connectivity index (χ1n) is 7.79. The molecule has 1 unspecified atom stereocenters. The maximum atomic E-state index is 11.1. The van der Waals surface area contributed by atoms with Crippen molar-refractivity contribution < 1.29 is 14.1 Å². The number of primary amides is 1. The number of hydrogen-bond donors (Lipinski definition) is 1. The van der Waals surface area contributed by atoms with Crippen LogP contribution >= 0.6 is 0 Å². The van der Waals surface area contributed by atoms with E-state index in [-0.39, 0.29) is 11.9 Å². The van der Waals surface area contributed by atoms with E-state index in [0.717, 1.165) is 38.1 Å². The van der Waals surface area contributed by atoms with Crippen LogP contribution in [0.15, 0.2) is 34.9 Å². The molecule has 1 fully saturated rings. The molecule has 2 aromatic rings. The number of ether oxygens (including phenoxy) is 1. The highest BCUT2D eigenvalue weighted by Gasteiger charge is 2.30. The number of aromatic nitrogens is 2. The monoisotopic (exact) mass is 316 g/mol. The lowest BCUT2D eigenvalue weighted by Gasteiger charge is -2.21. The summed E-state index contributed by atoms with van der Waals surface area (Å²) in [6, 6.07) is 9.83. The van der Waals surface area contributed by atoms with E-state index in [9.17, 15) is 4.79 Å². The van der Waals surface area contributed by atoms with Gasteiger partial charge in [-0.25, -0.2) is 0 Å². The summed E-state index contributed by atoms with van der Waals surface area (Å²) in [5.74, 6) is 0.633. The highest BCUT2D eigenvalue weighted by Crippen LogP contribution is 2.30. The predicted molar refractivity (Wildman–Crippen MR) is 82.9 cm³/mol. The Hall–Kier alpha value is -2.41. The molecular weight excluding hydrogens is 296 g/mol. The van der Waals surface area contributed by atoms with Crippen molar-refractivity contribution in [3.63, 3.8) is 0 Å². The Morgan fingerprint density at radius 1 is 1.39 bits per heavy atom. The van der Waals surface area contributed by atoms with Crippen LogP contribution in [0.5, 0.6) is 5.75 Å². The van der Waals surface area contributed by atoms with E-state index < -0.39 is 5.91 Å². The van der Waals surface area contributed by atoms with Gasteiger partial charge in [0.15, 0.2) is 0 Å². The molecule has 1 aliphatic rings. The molecule has 1 aromatic carbocycles. The zero-order valence-corrected chi connectivity index (χ0v) is 12.9. The second-order valence-corrected chi connectivity index (χ2v) is 5.53. The molecule has 2 heterocycles. The first-order chi connectivity index (χ1) is 11.2.